The van der Waals surface area contributed by atoms with Crippen molar-refractivity contribution in [1.29, 1.82) is 0 Å². The molecule has 0 saturated heterocycles. The molecule has 5 rings (SSSR count). The summed E-state index contributed by atoms with van der Waals surface area (Å²) in [6, 6.07) is 20.6. The second-order valence-electron chi connectivity index (χ2n) is 7.57. The first-order valence-corrected chi connectivity index (χ1v) is 10.4. The predicted molar refractivity (Wildman–Crippen MR) is 120 cm³/mol. The van der Waals surface area contributed by atoms with Crippen LogP contribution < -0.4 is 10.2 Å². The lowest BCUT2D eigenvalue weighted by atomic mass is 10.1. The van der Waals surface area contributed by atoms with E-state index in [1.807, 2.05) is 53.1 Å². The summed E-state index contributed by atoms with van der Waals surface area (Å²) in [7, 11) is 0. The molecule has 0 unspecified atom stereocenters. The van der Waals surface area contributed by atoms with Crippen LogP contribution in [0.3, 0.4) is 0 Å². The van der Waals surface area contributed by atoms with Crippen molar-refractivity contribution in [3.05, 3.63) is 114 Å². The Morgan fingerprint density at radius 2 is 1.78 bits per heavy atom. The Labute approximate surface area is 185 Å². The number of rotatable bonds is 4. The number of para-hydroxylation sites is 1. The fourth-order valence-electron chi connectivity index (χ4n) is 3.94. The molecule has 0 bridgehead atoms. The summed E-state index contributed by atoms with van der Waals surface area (Å²) in [6.45, 7) is 1.25. The van der Waals surface area contributed by atoms with Crippen LogP contribution in [0.5, 0.6) is 0 Å². The Morgan fingerprint density at radius 1 is 0.906 bits per heavy atom. The molecule has 1 aliphatic heterocycles. The number of fused-ring (bicyclic) bond motifs is 2. The van der Waals surface area contributed by atoms with Gasteiger partial charge in [-0.3, -0.25) is 19.6 Å². The SMILES string of the molecule is O=C(NCc1cccnc1)c1ccc2n1Cc1ccccc1N(C(=O)c1ccccn1)C2. The molecule has 3 aromatic heterocycles. The molecule has 1 aromatic carbocycles. The zero-order valence-electron chi connectivity index (χ0n) is 17.3. The summed E-state index contributed by atoms with van der Waals surface area (Å²) in [5.74, 6) is -0.336. The summed E-state index contributed by atoms with van der Waals surface area (Å²) in [5.41, 5.74) is 4.56. The fraction of sp³-hybridized carbons (Fsp3) is 0.120. The number of amides is 2. The maximum atomic E-state index is 13.3. The Hall–Kier alpha value is -4.26. The maximum Gasteiger partial charge on any atom is 0.277 e. The van der Waals surface area contributed by atoms with Crippen LogP contribution in [0, 0.1) is 0 Å². The first kappa shape index (κ1) is 19.7. The van der Waals surface area contributed by atoms with Crippen molar-refractivity contribution in [2.75, 3.05) is 4.90 Å². The zero-order chi connectivity index (χ0) is 21.9. The van der Waals surface area contributed by atoms with Crippen LogP contribution in [0.25, 0.3) is 0 Å². The van der Waals surface area contributed by atoms with Gasteiger partial charge in [-0.05, 0) is 47.5 Å². The molecule has 7 nitrogen and oxygen atoms in total. The van der Waals surface area contributed by atoms with Crippen molar-refractivity contribution in [2.45, 2.75) is 19.6 Å². The second-order valence-corrected chi connectivity index (χ2v) is 7.57. The van der Waals surface area contributed by atoms with Gasteiger partial charge in [0.1, 0.15) is 11.4 Å². The first-order chi connectivity index (χ1) is 15.7. The average molecular weight is 423 g/mol. The molecule has 4 heterocycles. The minimum Gasteiger partial charge on any atom is -0.347 e. The molecule has 4 aromatic rings. The lowest BCUT2D eigenvalue weighted by Gasteiger charge is -2.22. The minimum atomic E-state index is -0.171. The van der Waals surface area contributed by atoms with Crippen molar-refractivity contribution in [3.8, 4) is 0 Å². The molecule has 0 radical (unpaired) electrons. The van der Waals surface area contributed by atoms with Crippen LogP contribution in [0.2, 0.25) is 0 Å². The van der Waals surface area contributed by atoms with Crippen molar-refractivity contribution >= 4 is 17.5 Å². The van der Waals surface area contributed by atoms with Gasteiger partial charge in [0.05, 0.1) is 13.1 Å². The van der Waals surface area contributed by atoms with Crippen LogP contribution in [-0.4, -0.2) is 26.3 Å². The van der Waals surface area contributed by atoms with Gasteiger partial charge in [-0.1, -0.05) is 30.3 Å². The zero-order valence-corrected chi connectivity index (χ0v) is 17.3. The number of benzene rings is 1. The van der Waals surface area contributed by atoms with E-state index in [4.69, 9.17) is 0 Å². The lowest BCUT2D eigenvalue weighted by Crippen LogP contribution is -2.31. The predicted octanol–water partition coefficient (Wildman–Crippen LogP) is 3.42. The van der Waals surface area contributed by atoms with Crippen LogP contribution >= 0.6 is 0 Å². The number of nitrogens with zero attached hydrogens (tertiary/aromatic N) is 4. The molecule has 1 N–H and O–H groups in total. The molecule has 2 amide bonds. The third kappa shape index (κ3) is 3.76. The molecule has 158 valence electrons. The molecule has 7 heteroatoms. The molecule has 0 saturated carbocycles. The van der Waals surface area contributed by atoms with E-state index in [2.05, 4.69) is 15.3 Å². The highest BCUT2D eigenvalue weighted by atomic mass is 16.2. The van der Waals surface area contributed by atoms with Crippen LogP contribution in [-0.2, 0) is 19.6 Å². The number of nitrogens with one attached hydrogen (secondary N) is 1. The van der Waals surface area contributed by atoms with Gasteiger partial charge in [-0.25, -0.2) is 0 Å². The third-order valence-corrected chi connectivity index (χ3v) is 5.54. The summed E-state index contributed by atoms with van der Waals surface area (Å²) in [6.07, 6.45) is 5.05. The van der Waals surface area contributed by atoms with Gasteiger partial charge < -0.3 is 14.8 Å². The molecule has 0 atom stereocenters. The van der Waals surface area contributed by atoms with Gasteiger partial charge in [-0.15, -0.1) is 0 Å². The van der Waals surface area contributed by atoms with E-state index in [0.717, 1.165) is 22.5 Å². The monoisotopic (exact) mass is 423 g/mol. The van der Waals surface area contributed by atoms with Crippen molar-refractivity contribution in [2.24, 2.45) is 0 Å². The van der Waals surface area contributed by atoms with Gasteiger partial charge in [-0.2, -0.15) is 0 Å². The number of carbonyl (C=O) groups excluding carboxylic acids is 2. The highest BCUT2D eigenvalue weighted by Crippen LogP contribution is 2.30. The van der Waals surface area contributed by atoms with Crippen molar-refractivity contribution in [3.63, 3.8) is 0 Å². The number of carbonyl (C=O) groups is 2. The van der Waals surface area contributed by atoms with Crippen LogP contribution in [0.15, 0.2) is 85.3 Å². The summed E-state index contributed by atoms with van der Waals surface area (Å²) in [5, 5.41) is 2.97. The van der Waals surface area contributed by atoms with Gasteiger partial charge in [0.25, 0.3) is 11.8 Å². The van der Waals surface area contributed by atoms with Gasteiger partial charge in [0.15, 0.2) is 0 Å². The number of pyridine rings is 2. The number of hydrogen-bond donors (Lipinski definition) is 1. The molecule has 32 heavy (non-hydrogen) atoms. The van der Waals surface area contributed by atoms with Gasteiger partial charge in [0, 0.05) is 36.5 Å². The molecule has 1 aliphatic rings. The third-order valence-electron chi connectivity index (χ3n) is 5.54. The topological polar surface area (TPSA) is 80.1 Å². The van der Waals surface area contributed by atoms with E-state index in [1.165, 1.54) is 0 Å². The van der Waals surface area contributed by atoms with E-state index in [0.29, 0.717) is 31.0 Å². The minimum absolute atomic E-state index is 0.165. The van der Waals surface area contributed by atoms with Crippen molar-refractivity contribution < 1.29 is 9.59 Å². The van der Waals surface area contributed by atoms with E-state index in [1.54, 1.807) is 41.7 Å². The van der Waals surface area contributed by atoms with Gasteiger partial charge >= 0.3 is 0 Å². The standard InChI is InChI=1S/C25H21N5O2/c31-24(28-15-18-6-5-12-26-14-18)23-11-10-20-17-30(25(32)21-8-3-4-13-27-21)22-9-2-1-7-19(22)16-29(20)23/h1-14H,15-17H2,(H,28,31). The summed E-state index contributed by atoms with van der Waals surface area (Å²) < 4.78 is 1.98. The Morgan fingerprint density at radius 3 is 2.59 bits per heavy atom. The van der Waals surface area contributed by atoms with Crippen molar-refractivity contribution in [1.82, 2.24) is 19.9 Å². The van der Waals surface area contributed by atoms with Crippen LogP contribution in [0.1, 0.15) is 37.8 Å². The van der Waals surface area contributed by atoms with E-state index >= 15 is 0 Å². The quantitative estimate of drug-likeness (QED) is 0.546. The molecular weight excluding hydrogens is 402 g/mol. The largest absolute Gasteiger partial charge is 0.347 e. The first-order valence-electron chi connectivity index (χ1n) is 10.4. The molecular formula is C25H21N5O2. The fourth-order valence-corrected chi connectivity index (χ4v) is 3.94. The van der Waals surface area contributed by atoms with Gasteiger partial charge in [0.2, 0.25) is 0 Å². The maximum absolute atomic E-state index is 13.3. The van der Waals surface area contributed by atoms with E-state index < -0.39 is 0 Å². The molecule has 0 spiro atoms. The number of hydrogen-bond acceptors (Lipinski definition) is 4. The Kier molecular flexibility index (Phi) is 5.21. The average Bonchev–Trinajstić information content (AvgIpc) is 3.16. The highest BCUT2D eigenvalue weighted by Gasteiger charge is 2.27. The smallest absolute Gasteiger partial charge is 0.277 e. The number of aromatic nitrogens is 3. The highest BCUT2D eigenvalue weighted by molar-refractivity contribution is 6.05. The normalized spacial score (nSPS) is 12.4. The summed E-state index contributed by atoms with van der Waals surface area (Å²) in [4.78, 5) is 36.3. The Bertz CT molecular complexity index is 1270. The van der Waals surface area contributed by atoms with Crippen LogP contribution in [0.4, 0.5) is 5.69 Å². The Balaban J connectivity index is 1.46. The summed E-state index contributed by atoms with van der Waals surface area (Å²) >= 11 is 0. The van der Waals surface area contributed by atoms with E-state index in [-0.39, 0.29) is 11.8 Å². The van der Waals surface area contributed by atoms with E-state index in [9.17, 15) is 9.59 Å². The lowest BCUT2D eigenvalue weighted by molar-refractivity contribution is 0.0941. The molecule has 0 aliphatic carbocycles. The number of anilines is 1. The molecule has 0 fully saturated rings. The second kappa shape index (κ2) is 8.47.